The smallest absolute Gasteiger partial charge is 0.313 e. The molecule has 270 valence electrons. The van der Waals surface area contributed by atoms with Gasteiger partial charge in [-0.15, -0.1) is 13.2 Å². The number of ether oxygens (including phenoxy) is 3. The number of likely N-dealkylation sites (tertiary alicyclic amines) is 1. The van der Waals surface area contributed by atoms with E-state index in [-0.39, 0.29) is 37.4 Å². The number of benzene rings is 1. The number of aliphatic hydroxyl groups excluding tert-OH is 1. The summed E-state index contributed by atoms with van der Waals surface area (Å²) in [7, 11) is 1.51. The minimum Gasteiger partial charge on any atom is -0.455 e. The molecule has 3 saturated heterocycles. The molecular weight excluding hydrogens is 626 g/mol. The molecule has 11 nitrogen and oxygen atoms in total. The van der Waals surface area contributed by atoms with Gasteiger partial charge in [-0.1, -0.05) is 55.3 Å². The zero-order chi connectivity index (χ0) is 35.8. The van der Waals surface area contributed by atoms with E-state index >= 15 is 0 Å². The number of carbonyl (C=O) groups is 4. The van der Waals surface area contributed by atoms with Gasteiger partial charge in [-0.2, -0.15) is 0 Å². The molecule has 4 rings (SSSR count). The van der Waals surface area contributed by atoms with Crippen molar-refractivity contribution in [3.63, 3.8) is 0 Å². The van der Waals surface area contributed by atoms with Crippen LogP contribution in [0.3, 0.4) is 0 Å². The van der Waals surface area contributed by atoms with Crippen molar-refractivity contribution in [2.24, 2.45) is 11.8 Å². The van der Waals surface area contributed by atoms with Crippen LogP contribution in [0.15, 0.2) is 55.6 Å². The number of fused-ring (bicyclic) bond motifs is 1. The highest BCUT2D eigenvalue weighted by atomic mass is 16.6. The molecule has 3 amide bonds. The van der Waals surface area contributed by atoms with E-state index < -0.39 is 53.2 Å². The number of allylic oxidation sites excluding steroid dienone is 1. The molecule has 0 aromatic heterocycles. The Labute approximate surface area is 291 Å². The van der Waals surface area contributed by atoms with Crippen LogP contribution in [0, 0.1) is 11.8 Å². The number of unbranched alkanes of at least 4 members (excludes halogenated alkanes) is 3. The van der Waals surface area contributed by atoms with Crippen molar-refractivity contribution in [3.8, 4) is 0 Å². The highest BCUT2D eigenvalue weighted by Gasteiger charge is 2.75. The van der Waals surface area contributed by atoms with Gasteiger partial charge in [0.1, 0.15) is 17.7 Å². The van der Waals surface area contributed by atoms with Gasteiger partial charge in [-0.25, -0.2) is 0 Å². The molecule has 3 aliphatic heterocycles. The van der Waals surface area contributed by atoms with Gasteiger partial charge >= 0.3 is 5.97 Å². The van der Waals surface area contributed by atoms with Gasteiger partial charge in [-0.3, -0.25) is 19.2 Å². The van der Waals surface area contributed by atoms with E-state index in [2.05, 4.69) is 18.5 Å². The zero-order valence-corrected chi connectivity index (χ0v) is 29.6. The number of esters is 1. The number of nitrogens with zero attached hydrogens (tertiary/aromatic N) is 2. The number of aliphatic hydroxyl groups is 1. The molecule has 49 heavy (non-hydrogen) atoms. The SMILES string of the molecule is C=CCCC(=O)N[C@@H](COC)[C@@H](OC(=O)[C@@H]1[C@@H]2CC[C@]3(O2)[C@H](C(=O)N(CC=C)C(C)(C)C)N(CCCCCCO)C(=O)[C@@H]13)c1ccccc1. The number of carbonyl (C=O) groups excluding carboxylic acids is 4. The maximum absolute atomic E-state index is 14.6. The first-order valence-corrected chi connectivity index (χ1v) is 17.6. The summed E-state index contributed by atoms with van der Waals surface area (Å²) in [5.41, 5.74) is -1.06. The molecule has 1 aromatic rings. The topological polar surface area (TPSA) is 135 Å². The molecule has 2 N–H and O–H groups in total. The minimum atomic E-state index is -1.18. The number of hydrogen-bond donors (Lipinski definition) is 2. The van der Waals surface area contributed by atoms with E-state index in [1.54, 1.807) is 22.0 Å². The lowest BCUT2D eigenvalue weighted by atomic mass is 9.70. The monoisotopic (exact) mass is 681 g/mol. The summed E-state index contributed by atoms with van der Waals surface area (Å²) in [4.78, 5) is 59.7. The maximum Gasteiger partial charge on any atom is 0.313 e. The lowest BCUT2D eigenvalue weighted by Gasteiger charge is -2.42. The predicted molar refractivity (Wildman–Crippen MR) is 185 cm³/mol. The number of hydrogen-bond acceptors (Lipinski definition) is 8. The molecule has 0 aliphatic carbocycles. The fourth-order valence-electron chi connectivity index (χ4n) is 7.78. The van der Waals surface area contributed by atoms with Gasteiger partial charge < -0.3 is 34.4 Å². The van der Waals surface area contributed by atoms with Crippen molar-refractivity contribution in [1.29, 1.82) is 0 Å². The van der Waals surface area contributed by atoms with E-state index in [0.29, 0.717) is 50.8 Å². The van der Waals surface area contributed by atoms with Crippen LogP contribution in [-0.4, -0.2) is 101 Å². The first-order chi connectivity index (χ1) is 23.4. The molecule has 11 heteroatoms. The predicted octanol–water partition coefficient (Wildman–Crippen LogP) is 4.11. The number of amides is 3. The fraction of sp³-hybridized carbons (Fsp3) is 0.632. The molecule has 3 aliphatic rings. The van der Waals surface area contributed by atoms with Crippen LogP contribution in [0.2, 0.25) is 0 Å². The van der Waals surface area contributed by atoms with Crippen molar-refractivity contribution < 1.29 is 38.5 Å². The van der Waals surface area contributed by atoms with E-state index in [0.717, 1.165) is 12.8 Å². The van der Waals surface area contributed by atoms with Crippen molar-refractivity contribution in [2.75, 3.05) is 33.4 Å². The fourth-order valence-corrected chi connectivity index (χ4v) is 7.78. The van der Waals surface area contributed by atoms with Crippen LogP contribution in [0.5, 0.6) is 0 Å². The van der Waals surface area contributed by atoms with Gasteiger partial charge in [-0.05, 0) is 58.4 Å². The third-order valence-electron chi connectivity index (χ3n) is 10.0. The lowest BCUT2D eigenvalue weighted by Crippen LogP contribution is -2.59. The van der Waals surface area contributed by atoms with Crippen LogP contribution in [0.4, 0.5) is 0 Å². The summed E-state index contributed by atoms with van der Waals surface area (Å²) in [5, 5.41) is 12.2. The average molecular weight is 682 g/mol. The Morgan fingerprint density at radius 2 is 1.86 bits per heavy atom. The highest BCUT2D eigenvalue weighted by molar-refractivity contribution is 5.98. The van der Waals surface area contributed by atoms with Crippen molar-refractivity contribution in [3.05, 3.63) is 61.2 Å². The Bertz CT molecular complexity index is 1330. The first-order valence-electron chi connectivity index (χ1n) is 17.6. The summed E-state index contributed by atoms with van der Waals surface area (Å²) >= 11 is 0. The average Bonchev–Trinajstić information content (AvgIpc) is 3.71. The molecule has 2 bridgehead atoms. The van der Waals surface area contributed by atoms with Crippen LogP contribution < -0.4 is 5.32 Å². The first kappa shape index (κ1) is 38.3. The number of methoxy groups -OCH3 is 1. The Balaban J connectivity index is 1.68. The Kier molecular flexibility index (Phi) is 13.2. The van der Waals surface area contributed by atoms with Gasteiger partial charge in [0.2, 0.25) is 17.7 Å². The van der Waals surface area contributed by atoms with Crippen LogP contribution in [0.25, 0.3) is 0 Å². The van der Waals surface area contributed by atoms with Crippen molar-refractivity contribution >= 4 is 23.7 Å². The van der Waals surface area contributed by atoms with E-state index in [9.17, 15) is 24.3 Å². The van der Waals surface area contributed by atoms with Crippen molar-refractivity contribution in [2.45, 2.75) is 108 Å². The quantitative estimate of drug-likeness (QED) is 0.127. The highest BCUT2D eigenvalue weighted by Crippen LogP contribution is 2.59. The Hall–Kier alpha value is -3.54. The minimum absolute atomic E-state index is 0.0795. The number of rotatable bonds is 19. The van der Waals surface area contributed by atoms with E-state index in [1.807, 2.05) is 51.1 Å². The van der Waals surface area contributed by atoms with Gasteiger partial charge in [0.05, 0.1) is 30.6 Å². The molecule has 3 heterocycles. The van der Waals surface area contributed by atoms with Gasteiger partial charge in [0, 0.05) is 38.8 Å². The molecule has 0 unspecified atom stereocenters. The van der Waals surface area contributed by atoms with Crippen molar-refractivity contribution in [1.82, 2.24) is 15.1 Å². The third-order valence-corrected chi connectivity index (χ3v) is 10.0. The summed E-state index contributed by atoms with van der Waals surface area (Å²) in [6.45, 7) is 14.2. The molecule has 3 fully saturated rings. The Morgan fingerprint density at radius 3 is 2.49 bits per heavy atom. The summed E-state index contributed by atoms with van der Waals surface area (Å²) < 4.78 is 18.4. The van der Waals surface area contributed by atoms with E-state index in [4.69, 9.17) is 14.2 Å². The molecule has 0 radical (unpaired) electrons. The van der Waals surface area contributed by atoms with E-state index in [1.165, 1.54) is 7.11 Å². The summed E-state index contributed by atoms with van der Waals surface area (Å²) in [6, 6.07) is 7.55. The molecule has 7 atom stereocenters. The normalized spacial score (nSPS) is 25.4. The molecular formula is C38H55N3O8. The zero-order valence-electron chi connectivity index (χ0n) is 29.6. The van der Waals surface area contributed by atoms with Crippen LogP contribution >= 0.6 is 0 Å². The number of nitrogens with one attached hydrogen (secondary N) is 1. The van der Waals surface area contributed by atoms with Gasteiger partial charge in [0.25, 0.3) is 0 Å². The van der Waals surface area contributed by atoms with Crippen LogP contribution in [-0.2, 0) is 33.4 Å². The largest absolute Gasteiger partial charge is 0.455 e. The van der Waals surface area contributed by atoms with Gasteiger partial charge in [0.15, 0.2) is 0 Å². The maximum atomic E-state index is 14.6. The third kappa shape index (κ3) is 8.27. The second kappa shape index (κ2) is 16.9. The molecule has 1 spiro atoms. The summed E-state index contributed by atoms with van der Waals surface area (Å²) in [5.74, 6) is -3.15. The van der Waals surface area contributed by atoms with Crippen LogP contribution in [0.1, 0.15) is 83.8 Å². The molecule has 0 saturated carbocycles. The Morgan fingerprint density at radius 1 is 1.14 bits per heavy atom. The molecule has 1 aromatic carbocycles. The second-order valence-electron chi connectivity index (χ2n) is 14.4. The standard InChI is InChI=1S/C38H55N3O8/c1-7-9-19-29(43)39-27(25-47-6)32(26-17-13-12-14-18-26)48-36(46)30-28-20-21-38(49-28)31(30)34(44)40(23-15-10-11-16-24-42)33(38)35(45)41(22-8-2)37(3,4)5/h7-8,12-14,17-18,27-28,30-33,42H,1-2,9-11,15-16,19-25H2,3-6H3,(H,39,43)/t27-,28-,30+,31+,32-,33-,38+/m0/s1. The second-order valence-corrected chi connectivity index (χ2v) is 14.4. The lowest BCUT2D eigenvalue weighted by molar-refractivity contribution is -0.163. The summed E-state index contributed by atoms with van der Waals surface area (Å²) in [6.07, 6.45) is 6.43.